The number of rotatable bonds is 4. The van der Waals surface area contributed by atoms with Crippen LogP contribution in [0.2, 0.25) is 0 Å². The molecule has 2 aromatic rings. The van der Waals surface area contributed by atoms with Crippen LogP contribution in [-0.4, -0.2) is 42.1 Å². The molecule has 0 amide bonds. The van der Waals surface area contributed by atoms with Gasteiger partial charge in [-0.3, -0.25) is 0 Å². The fourth-order valence-electron chi connectivity index (χ4n) is 2.45. The number of piperazine rings is 1. The Labute approximate surface area is 128 Å². The van der Waals surface area contributed by atoms with Crippen LogP contribution in [0.25, 0.3) is 0 Å². The number of hydrogen-bond donors (Lipinski definition) is 1. The lowest BCUT2D eigenvalue weighted by Gasteiger charge is -2.35. The van der Waals surface area contributed by atoms with Gasteiger partial charge in [0.1, 0.15) is 5.82 Å². The fraction of sp³-hybridized carbons (Fsp3) is 0.429. The number of ether oxygens (including phenoxy) is 1. The summed E-state index contributed by atoms with van der Waals surface area (Å²) in [4.78, 5) is 8.99. The third-order valence-electron chi connectivity index (χ3n) is 3.49. The van der Waals surface area contributed by atoms with Gasteiger partial charge in [-0.1, -0.05) is 6.07 Å². The lowest BCUT2D eigenvalue weighted by atomic mass is 10.3. The molecule has 2 N–H and O–H groups in total. The molecule has 6 nitrogen and oxygen atoms in total. The van der Waals surface area contributed by atoms with Crippen LogP contribution in [0.1, 0.15) is 6.92 Å². The number of nitrogen functional groups attached to an aromatic ring is 1. The molecule has 0 bridgehead atoms. The second kappa shape index (κ2) is 6.17. The average molecular weight is 305 g/mol. The maximum absolute atomic E-state index is 5.88. The molecular weight excluding hydrogens is 286 g/mol. The molecular formula is C14H19N5OS. The van der Waals surface area contributed by atoms with Gasteiger partial charge in [0.15, 0.2) is 16.6 Å². The van der Waals surface area contributed by atoms with Gasteiger partial charge < -0.3 is 20.3 Å². The molecule has 3 heterocycles. The molecule has 0 atom stereocenters. The lowest BCUT2D eigenvalue weighted by molar-refractivity contribution is 0.342. The van der Waals surface area contributed by atoms with E-state index in [0.717, 1.165) is 42.7 Å². The van der Waals surface area contributed by atoms with Crippen molar-refractivity contribution in [2.45, 2.75) is 6.92 Å². The van der Waals surface area contributed by atoms with E-state index in [0.29, 0.717) is 12.4 Å². The third kappa shape index (κ3) is 2.87. The first-order chi connectivity index (χ1) is 10.3. The van der Waals surface area contributed by atoms with E-state index in [9.17, 15) is 0 Å². The fourth-order valence-corrected chi connectivity index (χ4v) is 3.26. The zero-order valence-electron chi connectivity index (χ0n) is 12.0. The molecule has 7 heteroatoms. The Morgan fingerprint density at radius 3 is 2.67 bits per heavy atom. The highest BCUT2D eigenvalue weighted by Crippen LogP contribution is 2.38. The minimum atomic E-state index is 0.490. The second-order valence-electron chi connectivity index (χ2n) is 4.80. The van der Waals surface area contributed by atoms with E-state index in [2.05, 4.69) is 19.2 Å². The molecule has 112 valence electrons. The minimum absolute atomic E-state index is 0.490. The lowest BCUT2D eigenvalue weighted by Crippen LogP contribution is -2.46. The Morgan fingerprint density at radius 2 is 2.00 bits per heavy atom. The van der Waals surface area contributed by atoms with Crippen molar-refractivity contribution in [1.82, 2.24) is 9.36 Å². The molecule has 21 heavy (non-hydrogen) atoms. The largest absolute Gasteiger partial charge is 0.487 e. The third-order valence-corrected chi connectivity index (χ3v) is 4.39. The Kier molecular flexibility index (Phi) is 4.10. The molecule has 1 saturated heterocycles. The smallest absolute Gasteiger partial charge is 0.197 e. The normalized spacial score (nSPS) is 15.3. The summed E-state index contributed by atoms with van der Waals surface area (Å²) in [5, 5.41) is 1.04. The molecule has 1 aliphatic rings. The zero-order chi connectivity index (χ0) is 14.7. The van der Waals surface area contributed by atoms with Crippen molar-refractivity contribution in [1.29, 1.82) is 0 Å². The summed E-state index contributed by atoms with van der Waals surface area (Å²) < 4.78 is 9.84. The maximum Gasteiger partial charge on any atom is 0.197 e. The standard InChI is InChI=1S/C14H19N5OS/c1-2-20-12-13(15)17-21-14(12)19-9-7-18(8-10-19)11-5-3-4-6-16-11/h3-6H,2,7-10H2,1H3,(H2,15,17). The average Bonchev–Trinajstić information content (AvgIpc) is 2.90. The van der Waals surface area contributed by atoms with Crippen molar-refractivity contribution < 1.29 is 4.74 Å². The second-order valence-corrected chi connectivity index (χ2v) is 5.55. The quantitative estimate of drug-likeness (QED) is 0.930. The highest BCUT2D eigenvalue weighted by molar-refractivity contribution is 7.11. The Hall–Kier alpha value is -2.02. The molecule has 0 aliphatic carbocycles. The molecule has 1 fully saturated rings. The van der Waals surface area contributed by atoms with Crippen LogP contribution in [0, 0.1) is 0 Å². The minimum Gasteiger partial charge on any atom is -0.487 e. The van der Waals surface area contributed by atoms with E-state index in [1.165, 1.54) is 11.5 Å². The molecule has 0 aromatic carbocycles. The number of nitrogens with two attached hydrogens (primary N) is 1. The molecule has 2 aromatic heterocycles. The van der Waals surface area contributed by atoms with Gasteiger partial charge in [-0.15, -0.1) is 0 Å². The number of anilines is 3. The predicted molar refractivity (Wildman–Crippen MR) is 86.4 cm³/mol. The summed E-state index contributed by atoms with van der Waals surface area (Å²) in [5.74, 6) is 2.25. The van der Waals surface area contributed by atoms with Gasteiger partial charge in [-0.05, 0) is 30.6 Å². The number of pyridine rings is 1. The van der Waals surface area contributed by atoms with Crippen molar-refractivity contribution in [2.24, 2.45) is 0 Å². The van der Waals surface area contributed by atoms with E-state index in [1.54, 1.807) is 0 Å². The van der Waals surface area contributed by atoms with Crippen LogP contribution in [-0.2, 0) is 0 Å². The van der Waals surface area contributed by atoms with Gasteiger partial charge in [0.2, 0.25) is 0 Å². The van der Waals surface area contributed by atoms with Crippen molar-refractivity contribution in [3.05, 3.63) is 24.4 Å². The molecule has 3 rings (SSSR count). The SMILES string of the molecule is CCOc1c(N)nsc1N1CCN(c2ccccn2)CC1. The first kappa shape index (κ1) is 13.9. The summed E-state index contributed by atoms with van der Waals surface area (Å²) in [7, 11) is 0. The number of aromatic nitrogens is 2. The topological polar surface area (TPSA) is 67.5 Å². The first-order valence-corrected chi connectivity index (χ1v) is 7.85. The number of hydrogen-bond acceptors (Lipinski definition) is 7. The summed E-state index contributed by atoms with van der Waals surface area (Å²) >= 11 is 1.41. The van der Waals surface area contributed by atoms with Gasteiger partial charge in [-0.25, -0.2) is 4.98 Å². The predicted octanol–water partition coefficient (Wildman–Crippen LogP) is 1.85. The van der Waals surface area contributed by atoms with Crippen LogP contribution in [0.15, 0.2) is 24.4 Å². The molecule has 0 unspecified atom stereocenters. The van der Waals surface area contributed by atoms with Gasteiger partial charge >= 0.3 is 0 Å². The van der Waals surface area contributed by atoms with Crippen LogP contribution in [0.3, 0.4) is 0 Å². The van der Waals surface area contributed by atoms with Crippen molar-refractivity contribution in [3.8, 4) is 5.75 Å². The summed E-state index contributed by atoms with van der Waals surface area (Å²) in [5.41, 5.74) is 5.88. The van der Waals surface area contributed by atoms with Crippen molar-refractivity contribution in [2.75, 3.05) is 48.3 Å². The van der Waals surface area contributed by atoms with Gasteiger partial charge in [0.05, 0.1) is 6.61 Å². The summed E-state index contributed by atoms with van der Waals surface area (Å²) in [6, 6.07) is 6.01. The van der Waals surface area contributed by atoms with E-state index in [1.807, 2.05) is 31.3 Å². The Morgan fingerprint density at radius 1 is 1.24 bits per heavy atom. The van der Waals surface area contributed by atoms with E-state index < -0.39 is 0 Å². The highest BCUT2D eigenvalue weighted by atomic mass is 32.1. The van der Waals surface area contributed by atoms with Crippen LogP contribution < -0.4 is 20.3 Å². The zero-order valence-corrected chi connectivity index (χ0v) is 12.8. The molecule has 0 spiro atoms. The van der Waals surface area contributed by atoms with E-state index in [-0.39, 0.29) is 0 Å². The molecule has 0 radical (unpaired) electrons. The Balaban J connectivity index is 1.69. The van der Waals surface area contributed by atoms with Gasteiger partial charge in [0.25, 0.3) is 0 Å². The van der Waals surface area contributed by atoms with E-state index in [4.69, 9.17) is 10.5 Å². The molecule has 0 saturated carbocycles. The van der Waals surface area contributed by atoms with Crippen LogP contribution in [0.5, 0.6) is 5.75 Å². The Bertz CT molecular complexity index is 580. The summed E-state index contributed by atoms with van der Waals surface area (Å²) in [6.07, 6.45) is 1.83. The van der Waals surface area contributed by atoms with Gasteiger partial charge in [-0.2, -0.15) is 4.37 Å². The first-order valence-electron chi connectivity index (χ1n) is 7.08. The van der Waals surface area contributed by atoms with Gasteiger partial charge in [0, 0.05) is 32.4 Å². The summed E-state index contributed by atoms with van der Waals surface area (Å²) in [6.45, 7) is 6.25. The van der Waals surface area contributed by atoms with Crippen LogP contribution >= 0.6 is 11.5 Å². The monoisotopic (exact) mass is 305 g/mol. The van der Waals surface area contributed by atoms with Crippen molar-refractivity contribution in [3.63, 3.8) is 0 Å². The highest BCUT2D eigenvalue weighted by Gasteiger charge is 2.24. The van der Waals surface area contributed by atoms with E-state index >= 15 is 0 Å². The van der Waals surface area contributed by atoms with Crippen molar-refractivity contribution >= 4 is 28.2 Å². The van der Waals surface area contributed by atoms with Crippen LogP contribution in [0.4, 0.5) is 16.6 Å². The maximum atomic E-state index is 5.88. The number of nitrogens with zero attached hydrogens (tertiary/aromatic N) is 4. The molecule has 1 aliphatic heterocycles.